The fourth-order valence-corrected chi connectivity index (χ4v) is 4.06. The summed E-state index contributed by atoms with van der Waals surface area (Å²) in [4.78, 5) is 25.8. The number of fused-ring (bicyclic) bond motifs is 1. The maximum absolute atomic E-state index is 13.2. The summed E-state index contributed by atoms with van der Waals surface area (Å²) in [6.07, 6.45) is 2.45. The van der Waals surface area contributed by atoms with E-state index in [-0.39, 0.29) is 17.2 Å². The first kappa shape index (κ1) is 22.3. The first-order valence-electron chi connectivity index (χ1n) is 11.0. The largest absolute Gasteiger partial charge is 0.497 e. The predicted octanol–water partition coefficient (Wildman–Crippen LogP) is 4.77. The molecule has 33 heavy (non-hydrogen) atoms. The van der Waals surface area contributed by atoms with Gasteiger partial charge in [-0.15, -0.1) is 0 Å². The van der Waals surface area contributed by atoms with Gasteiger partial charge in [-0.25, -0.2) is 0 Å². The lowest BCUT2D eigenvalue weighted by molar-refractivity contribution is 0.0951. The van der Waals surface area contributed by atoms with Crippen molar-refractivity contribution in [2.75, 3.05) is 7.11 Å². The molecule has 1 heterocycles. The first-order chi connectivity index (χ1) is 15.8. The predicted molar refractivity (Wildman–Crippen MR) is 130 cm³/mol. The molecule has 0 bridgehead atoms. The maximum Gasteiger partial charge on any atom is 0.251 e. The Morgan fingerprint density at radius 3 is 2.52 bits per heavy atom. The van der Waals surface area contributed by atoms with E-state index in [9.17, 15) is 9.59 Å². The molecule has 1 aliphatic rings. The van der Waals surface area contributed by atoms with Gasteiger partial charge in [0.2, 0.25) is 0 Å². The van der Waals surface area contributed by atoms with Crippen LogP contribution in [0.1, 0.15) is 51.3 Å². The third kappa shape index (κ3) is 5.32. The van der Waals surface area contributed by atoms with Crippen LogP contribution >= 0.6 is 0 Å². The van der Waals surface area contributed by atoms with E-state index in [0.29, 0.717) is 17.7 Å². The third-order valence-corrected chi connectivity index (χ3v) is 5.69. The van der Waals surface area contributed by atoms with Crippen molar-refractivity contribution in [3.63, 3.8) is 0 Å². The summed E-state index contributed by atoms with van der Waals surface area (Å²) < 4.78 is 5.38. The lowest BCUT2D eigenvalue weighted by atomic mass is 9.85. The van der Waals surface area contributed by atoms with E-state index in [1.54, 1.807) is 37.5 Å². The molecule has 0 saturated carbocycles. The van der Waals surface area contributed by atoms with Crippen LogP contribution in [-0.4, -0.2) is 24.3 Å². The molecule has 0 fully saturated rings. The van der Waals surface area contributed by atoms with Crippen molar-refractivity contribution < 1.29 is 14.3 Å². The first-order valence-corrected chi connectivity index (χ1v) is 11.0. The molecule has 0 atom stereocenters. The van der Waals surface area contributed by atoms with E-state index < -0.39 is 0 Å². The Bertz CT molecular complexity index is 1210. The fraction of sp³-hybridized carbons (Fsp3) is 0.214. The average molecular weight is 441 g/mol. The van der Waals surface area contributed by atoms with Crippen LogP contribution in [0.2, 0.25) is 0 Å². The van der Waals surface area contributed by atoms with Crippen molar-refractivity contribution in [2.24, 2.45) is 0 Å². The van der Waals surface area contributed by atoms with Crippen LogP contribution in [0, 0.1) is 0 Å². The summed E-state index contributed by atoms with van der Waals surface area (Å²) in [7, 11) is 1.63. The SMILES string of the molecule is COc1ccc2c(c1)C(=CC(=O)c1cccc(C(=O)NCc3ccccc3)c1)NC(C)(C)C2. The molecule has 3 aromatic carbocycles. The van der Waals surface area contributed by atoms with E-state index in [2.05, 4.69) is 24.5 Å². The molecule has 4 rings (SSSR count). The van der Waals surface area contributed by atoms with Crippen LogP contribution in [0.4, 0.5) is 0 Å². The molecule has 5 nitrogen and oxygen atoms in total. The highest BCUT2D eigenvalue weighted by Gasteiger charge is 2.28. The number of ether oxygens (including phenoxy) is 1. The van der Waals surface area contributed by atoms with Crippen molar-refractivity contribution in [1.29, 1.82) is 0 Å². The second-order valence-corrected chi connectivity index (χ2v) is 8.88. The van der Waals surface area contributed by atoms with Crippen LogP contribution in [0.25, 0.3) is 5.70 Å². The molecule has 1 aliphatic heterocycles. The summed E-state index contributed by atoms with van der Waals surface area (Å²) in [6.45, 7) is 4.64. The summed E-state index contributed by atoms with van der Waals surface area (Å²) in [5.74, 6) is 0.362. The minimum absolute atomic E-state index is 0.165. The standard InChI is InChI=1S/C28H28N2O3/c1-28(2)17-22-12-13-23(33-3)15-24(22)25(30-28)16-26(31)20-10-7-11-21(14-20)27(32)29-18-19-8-5-4-6-9-19/h4-16,30H,17-18H2,1-3H3,(H,29,32). The molecular weight excluding hydrogens is 412 g/mol. The van der Waals surface area contributed by atoms with Gasteiger partial charge in [0.05, 0.1) is 7.11 Å². The Hall–Kier alpha value is -3.86. The Labute approximate surface area is 194 Å². The Morgan fingerprint density at radius 2 is 1.76 bits per heavy atom. The number of rotatable bonds is 6. The molecule has 0 saturated heterocycles. The van der Waals surface area contributed by atoms with Gasteiger partial charge < -0.3 is 15.4 Å². The molecule has 0 radical (unpaired) electrons. The molecular formula is C28H28N2O3. The lowest BCUT2D eigenvalue weighted by Gasteiger charge is -2.35. The molecule has 2 N–H and O–H groups in total. The van der Waals surface area contributed by atoms with E-state index in [0.717, 1.165) is 34.6 Å². The van der Waals surface area contributed by atoms with Gasteiger partial charge in [-0.3, -0.25) is 9.59 Å². The number of allylic oxidation sites excluding steroid dienone is 1. The van der Waals surface area contributed by atoms with Gasteiger partial charge in [0.15, 0.2) is 5.78 Å². The summed E-state index contributed by atoms with van der Waals surface area (Å²) >= 11 is 0. The van der Waals surface area contributed by atoms with E-state index >= 15 is 0 Å². The zero-order chi connectivity index (χ0) is 23.4. The fourth-order valence-electron chi connectivity index (χ4n) is 4.06. The van der Waals surface area contributed by atoms with Crippen molar-refractivity contribution in [3.05, 3.63) is 107 Å². The number of nitrogens with one attached hydrogen (secondary N) is 2. The molecule has 3 aromatic rings. The van der Waals surface area contributed by atoms with Gasteiger partial charge in [-0.1, -0.05) is 48.5 Å². The summed E-state index contributed by atoms with van der Waals surface area (Å²) in [5, 5.41) is 6.39. The number of ketones is 1. The van der Waals surface area contributed by atoms with Crippen LogP contribution in [0.3, 0.4) is 0 Å². The Kier molecular flexibility index (Phi) is 6.31. The Balaban J connectivity index is 1.57. The number of carbonyl (C=O) groups excluding carboxylic acids is 2. The number of amides is 1. The zero-order valence-electron chi connectivity index (χ0n) is 19.1. The van der Waals surface area contributed by atoms with Crippen LogP contribution in [0.15, 0.2) is 78.9 Å². The quantitative estimate of drug-likeness (QED) is 0.428. The van der Waals surface area contributed by atoms with E-state index in [4.69, 9.17) is 4.74 Å². The lowest BCUT2D eigenvalue weighted by Crippen LogP contribution is -2.43. The van der Waals surface area contributed by atoms with E-state index in [1.165, 1.54) is 0 Å². The highest BCUT2D eigenvalue weighted by Crippen LogP contribution is 2.32. The maximum atomic E-state index is 13.2. The van der Waals surface area contributed by atoms with Gasteiger partial charge in [0.25, 0.3) is 5.91 Å². The van der Waals surface area contributed by atoms with Crippen molar-refractivity contribution in [3.8, 4) is 5.75 Å². The van der Waals surface area contributed by atoms with Crippen LogP contribution < -0.4 is 15.4 Å². The number of hydrogen-bond acceptors (Lipinski definition) is 4. The molecule has 5 heteroatoms. The number of carbonyl (C=O) groups is 2. The average Bonchev–Trinajstić information content (AvgIpc) is 2.82. The third-order valence-electron chi connectivity index (χ3n) is 5.69. The van der Waals surface area contributed by atoms with Crippen molar-refractivity contribution in [2.45, 2.75) is 32.4 Å². The summed E-state index contributed by atoms with van der Waals surface area (Å²) in [5.41, 5.74) is 4.62. The zero-order valence-corrected chi connectivity index (χ0v) is 19.1. The summed E-state index contributed by atoms with van der Waals surface area (Å²) in [6, 6.07) is 22.5. The topological polar surface area (TPSA) is 67.4 Å². The van der Waals surface area contributed by atoms with Gasteiger partial charge in [0.1, 0.15) is 5.75 Å². The van der Waals surface area contributed by atoms with Gasteiger partial charge in [-0.2, -0.15) is 0 Å². The number of benzene rings is 3. The Morgan fingerprint density at radius 1 is 1.00 bits per heavy atom. The normalized spacial score (nSPS) is 15.3. The highest BCUT2D eigenvalue weighted by atomic mass is 16.5. The molecule has 0 aromatic heterocycles. The molecule has 168 valence electrons. The van der Waals surface area contributed by atoms with Gasteiger partial charge in [-0.05, 0) is 55.7 Å². The minimum Gasteiger partial charge on any atom is -0.497 e. The molecule has 0 spiro atoms. The van der Waals surface area contributed by atoms with Crippen LogP contribution in [-0.2, 0) is 13.0 Å². The second kappa shape index (κ2) is 9.33. The number of hydrogen-bond donors (Lipinski definition) is 2. The van der Waals surface area contributed by atoms with E-state index in [1.807, 2.05) is 48.5 Å². The minimum atomic E-state index is -0.215. The van der Waals surface area contributed by atoms with Crippen molar-refractivity contribution >= 4 is 17.4 Å². The monoisotopic (exact) mass is 440 g/mol. The highest BCUT2D eigenvalue weighted by molar-refractivity contribution is 6.10. The van der Waals surface area contributed by atoms with Gasteiger partial charge >= 0.3 is 0 Å². The van der Waals surface area contributed by atoms with Gasteiger partial charge in [0, 0.05) is 40.5 Å². The molecule has 1 amide bonds. The second-order valence-electron chi connectivity index (χ2n) is 8.88. The number of methoxy groups -OCH3 is 1. The smallest absolute Gasteiger partial charge is 0.251 e. The molecule has 0 aliphatic carbocycles. The van der Waals surface area contributed by atoms with Crippen LogP contribution in [0.5, 0.6) is 5.75 Å². The molecule has 0 unspecified atom stereocenters. The van der Waals surface area contributed by atoms with Crippen molar-refractivity contribution in [1.82, 2.24) is 10.6 Å².